The summed E-state index contributed by atoms with van der Waals surface area (Å²) in [4.78, 5) is 16.3. The molecule has 0 saturated heterocycles. The number of nitrogens with zero attached hydrogens (tertiary/aromatic N) is 1. The highest BCUT2D eigenvalue weighted by Crippen LogP contribution is 2.62. The highest BCUT2D eigenvalue weighted by atomic mass is 19.1. The van der Waals surface area contributed by atoms with Crippen LogP contribution in [0.15, 0.2) is 12.3 Å². The fourth-order valence-electron chi connectivity index (χ4n) is 2.75. The summed E-state index contributed by atoms with van der Waals surface area (Å²) in [6.07, 6.45) is 2.32. The maximum absolute atomic E-state index is 14.3. The van der Waals surface area contributed by atoms with Crippen molar-refractivity contribution >= 4 is 11.7 Å². The number of carbonyl (C=O) groups is 1. The Bertz CT molecular complexity index is 540. The molecule has 0 radical (unpaired) electrons. The molecule has 0 atom stereocenters. The van der Waals surface area contributed by atoms with Crippen molar-refractivity contribution in [1.82, 2.24) is 10.3 Å². The van der Waals surface area contributed by atoms with Crippen LogP contribution in [0.3, 0.4) is 0 Å². The number of rotatable bonds is 5. The standard InChI is InChI=1S/C16H24FN3O/c1-6-8-18-12-11(17)10(7-9-19-12)13(21)20-14-15(2,3)16(14,4)5/h7,9,14H,6,8H2,1-5H3,(H,18,19)(H,20,21). The Balaban J connectivity index is 2.14. The van der Waals surface area contributed by atoms with Crippen LogP contribution in [-0.4, -0.2) is 23.5 Å². The van der Waals surface area contributed by atoms with Crippen molar-refractivity contribution in [2.75, 3.05) is 11.9 Å². The lowest BCUT2D eigenvalue weighted by Crippen LogP contribution is -2.30. The third kappa shape index (κ3) is 2.61. The highest BCUT2D eigenvalue weighted by molar-refractivity contribution is 5.95. The number of aromatic nitrogens is 1. The van der Waals surface area contributed by atoms with Crippen LogP contribution in [0.1, 0.15) is 51.4 Å². The van der Waals surface area contributed by atoms with E-state index in [-0.39, 0.29) is 34.2 Å². The SMILES string of the molecule is CCCNc1nccc(C(=O)NC2C(C)(C)C2(C)C)c1F. The molecule has 1 aromatic heterocycles. The topological polar surface area (TPSA) is 54.0 Å². The molecule has 21 heavy (non-hydrogen) atoms. The van der Waals surface area contributed by atoms with Gasteiger partial charge in [0.1, 0.15) is 0 Å². The van der Waals surface area contributed by atoms with Gasteiger partial charge in [-0.3, -0.25) is 4.79 Å². The molecule has 1 aliphatic rings. The largest absolute Gasteiger partial charge is 0.368 e. The molecular formula is C16H24FN3O. The summed E-state index contributed by atoms with van der Waals surface area (Å²) in [6.45, 7) is 11.0. The van der Waals surface area contributed by atoms with Crippen molar-refractivity contribution in [1.29, 1.82) is 0 Å². The third-order valence-corrected chi connectivity index (χ3v) is 4.97. The molecule has 1 aliphatic carbocycles. The van der Waals surface area contributed by atoms with Gasteiger partial charge in [-0.1, -0.05) is 34.6 Å². The average molecular weight is 293 g/mol. The molecule has 5 heteroatoms. The van der Waals surface area contributed by atoms with E-state index < -0.39 is 5.82 Å². The summed E-state index contributed by atoms with van der Waals surface area (Å²) in [5.74, 6) is -0.823. The smallest absolute Gasteiger partial charge is 0.254 e. The van der Waals surface area contributed by atoms with E-state index in [0.29, 0.717) is 6.54 Å². The van der Waals surface area contributed by atoms with Crippen molar-refractivity contribution < 1.29 is 9.18 Å². The molecule has 0 unspecified atom stereocenters. The molecule has 1 saturated carbocycles. The summed E-state index contributed by atoms with van der Waals surface area (Å²) >= 11 is 0. The number of carbonyl (C=O) groups excluding carboxylic acids is 1. The minimum atomic E-state index is -0.584. The lowest BCUT2D eigenvalue weighted by Gasteiger charge is -2.10. The Hall–Kier alpha value is -1.65. The lowest BCUT2D eigenvalue weighted by molar-refractivity contribution is 0.0939. The van der Waals surface area contributed by atoms with E-state index in [9.17, 15) is 9.18 Å². The highest BCUT2D eigenvalue weighted by Gasteiger charge is 2.65. The molecule has 1 heterocycles. The third-order valence-electron chi connectivity index (χ3n) is 4.97. The molecule has 1 aromatic rings. The van der Waals surface area contributed by atoms with Crippen LogP contribution >= 0.6 is 0 Å². The molecule has 4 nitrogen and oxygen atoms in total. The molecular weight excluding hydrogens is 269 g/mol. The van der Waals surface area contributed by atoms with E-state index in [1.54, 1.807) is 0 Å². The molecule has 0 aliphatic heterocycles. The lowest BCUT2D eigenvalue weighted by atomic mass is 10.0. The molecule has 0 aromatic carbocycles. The summed E-state index contributed by atoms with van der Waals surface area (Å²) in [7, 11) is 0. The molecule has 2 rings (SSSR count). The summed E-state index contributed by atoms with van der Waals surface area (Å²) < 4.78 is 14.3. The molecule has 1 fully saturated rings. The monoisotopic (exact) mass is 293 g/mol. The quantitative estimate of drug-likeness (QED) is 0.876. The molecule has 0 bridgehead atoms. The zero-order valence-electron chi connectivity index (χ0n) is 13.4. The number of pyridine rings is 1. The van der Waals surface area contributed by atoms with E-state index in [2.05, 4.69) is 43.3 Å². The Labute approximate surface area is 125 Å². The van der Waals surface area contributed by atoms with E-state index in [1.165, 1.54) is 12.3 Å². The summed E-state index contributed by atoms with van der Waals surface area (Å²) in [5, 5.41) is 5.83. The second kappa shape index (κ2) is 5.28. The van der Waals surface area contributed by atoms with Gasteiger partial charge < -0.3 is 10.6 Å². The number of halogens is 1. The first-order valence-corrected chi connectivity index (χ1v) is 7.42. The second-order valence-electron chi connectivity index (χ2n) is 6.80. The average Bonchev–Trinajstić information content (AvgIpc) is 2.80. The van der Waals surface area contributed by atoms with E-state index >= 15 is 0 Å². The zero-order chi connectivity index (χ0) is 15.8. The van der Waals surface area contributed by atoms with Gasteiger partial charge in [0, 0.05) is 18.8 Å². The molecule has 2 N–H and O–H groups in total. The van der Waals surface area contributed by atoms with Gasteiger partial charge in [0.15, 0.2) is 11.6 Å². The van der Waals surface area contributed by atoms with Crippen LogP contribution in [0.5, 0.6) is 0 Å². The van der Waals surface area contributed by atoms with Gasteiger partial charge >= 0.3 is 0 Å². The number of nitrogens with one attached hydrogen (secondary N) is 2. The normalized spacial score (nSPS) is 19.1. The first-order valence-electron chi connectivity index (χ1n) is 7.42. The van der Waals surface area contributed by atoms with Crippen molar-refractivity contribution in [3.05, 3.63) is 23.6 Å². The first-order chi connectivity index (χ1) is 9.73. The van der Waals surface area contributed by atoms with Gasteiger partial charge in [-0.05, 0) is 23.3 Å². The number of anilines is 1. The van der Waals surface area contributed by atoms with Gasteiger partial charge in [0.05, 0.1) is 5.56 Å². The van der Waals surface area contributed by atoms with Crippen LogP contribution in [-0.2, 0) is 0 Å². The number of amides is 1. The van der Waals surface area contributed by atoms with Crippen LogP contribution < -0.4 is 10.6 Å². The first kappa shape index (κ1) is 15.7. The van der Waals surface area contributed by atoms with Crippen LogP contribution in [0.25, 0.3) is 0 Å². The van der Waals surface area contributed by atoms with Gasteiger partial charge in [0.2, 0.25) is 0 Å². The minimum Gasteiger partial charge on any atom is -0.368 e. The Morgan fingerprint density at radius 3 is 2.48 bits per heavy atom. The van der Waals surface area contributed by atoms with Crippen LogP contribution in [0, 0.1) is 16.6 Å². The minimum absolute atomic E-state index is 0.0233. The molecule has 1 amide bonds. The van der Waals surface area contributed by atoms with Gasteiger partial charge in [-0.25, -0.2) is 9.37 Å². The van der Waals surface area contributed by atoms with Crippen molar-refractivity contribution in [3.8, 4) is 0 Å². The van der Waals surface area contributed by atoms with Crippen molar-refractivity contribution in [2.45, 2.75) is 47.1 Å². The van der Waals surface area contributed by atoms with Gasteiger partial charge in [-0.2, -0.15) is 0 Å². The Kier molecular flexibility index (Phi) is 3.95. The number of hydrogen-bond donors (Lipinski definition) is 2. The maximum Gasteiger partial charge on any atom is 0.254 e. The summed E-state index contributed by atoms with van der Waals surface area (Å²) in [6, 6.07) is 1.47. The fraction of sp³-hybridized carbons (Fsp3) is 0.625. The Morgan fingerprint density at radius 1 is 1.33 bits per heavy atom. The van der Waals surface area contributed by atoms with E-state index in [1.807, 2.05) is 6.92 Å². The van der Waals surface area contributed by atoms with E-state index in [4.69, 9.17) is 0 Å². The number of hydrogen-bond acceptors (Lipinski definition) is 3. The molecule has 116 valence electrons. The predicted octanol–water partition coefficient (Wildman–Crippen LogP) is 3.21. The van der Waals surface area contributed by atoms with E-state index in [0.717, 1.165) is 6.42 Å². The van der Waals surface area contributed by atoms with Crippen LogP contribution in [0.4, 0.5) is 10.2 Å². The fourth-order valence-corrected chi connectivity index (χ4v) is 2.75. The summed E-state index contributed by atoms with van der Waals surface area (Å²) in [5.41, 5.74) is 0.0902. The van der Waals surface area contributed by atoms with Gasteiger partial charge in [-0.15, -0.1) is 0 Å². The van der Waals surface area contributed by atoms with Crippen molar-refractivity contribution in [2.24, 2.45) is 10.8 Å². The zero-order valence-corrected chi connectivity index (χ0v) is 13.4. The Morgan fingerprint density at radius 2 is 1.95 bits per heavy atom. The maximum atomic E-state index is 14.3. The van der Waals surface area contributed by atoms with Crippen molar-refractivity contribution in [3.63, 3.8) is 0 Å². The van der Waals surface area contributed by atoms with Crippen LogP contribution in [0.2, 0.25) is 0 Å². The second-order valence-corrected chi connectivity index (χ2v) is 6.80. The predicted molar refractivity (Wildman–Crippen MR) is 81.8 cm³/mol. The van der Waals surface area contributed by atoms with Gasteiger partial charge in [0.25, 0.3) is 5.91 Å². The molecule has 0 spiro atoms.